The van der Waals surface area contributed by atoms with Crippen molar-refractivity contribution in [3.05, 3.63) is 34.4 Å². The van der Waals surface area contributed by atoms with Crippen LogP contribution in [-0.2, 0) is 18.0 Å². The average Bonchev–Trinajstić information content (AvgIpc) is 2.56. The molecule has 2 N–H and O–H groups in total. The van der Waals surface area contributed by atoms with Crippen LogP contribution in [0.5, 0.6) is 0 Å². The van der Waals surface area contributed by atoms with Gasteiger partial charge in [-0.1, -0.05) is 22.0 Å². The quantitative estimate of drug-likeness (QED) is 0.870. The van der Waals surface area contributed by atoms with E-state index in [0.717, 1.165) is 16.6 Å². The zero-order valence-electron chi connectivity index (χ0n) is 8.53. The van der Waals surface area contributed by atoms with Crippen LogP contribution in [-0.4, -0.2) is 4.57 Å². The van der Waals surface area contributed by atoms with Crippen molar-refractivity contribution in [2.75, 3.05) is 0 Å². The summed E-state index contributed by atoms with van der Waals surface area (Å²) in [6.45, 7) is 3.51. The minimum absolute atomic E-state index is 0.450. The average molecular weight is 269 g/mol. The van der Waals surface area contributed by atoms with Crippen LogP contribution in [0.3, 0.4) is 0 Å². The third-order valence-corrected chi connectivity index (χ3v) is 3.00. The Morgan fingerprint density at radius 2 is 2.27 bits per heavy atom. The van der Waals surface area contributed by atoms with E-state index < -0.39 is 0 Å². The van der Waals surface area contributed by atoms with Crippen molar-refractivity contribution in [2.24, 2.45) is 5.90 Å². The maximum absolute atomic E-state index is 5.11. The smallest absolute Gasteiger partial charge is 0.0950 e. The Morgan fingerprint density at radius 1 is 1.47 bits per heavy atom. The first kappa shape index (κ1) is 10.7. The minimum Gasteiger partial charge on any atom is -0.347 e. The molecular formula is C11H13BrN2O. The van der Waals surface area contributed by atoms with Crippen molar-refractivity contribution in [1.29, 1.82) is 0 Å². The third kappa shape index (κ3) is 1.93. The Hall–Kier alpha value is -0.840. The van der Waals surface area contributed by atoms with E-state index in [4.69, 9.17) is 10.7 Å². The van der Waals surface area contributed by atoms with E-state index in [1.807, 2.05) is 6.07 Å². The zero-order valence-corrected chi connectivity index (χ0v) is 10.1. The number of fused-ring (bicyclic) bond motifs is 1. The first-order valence-electron chi connectivity index (χ1n) is 4.85. The Balaban J connectivity index is 2.64. The van der Waals surface area contributed by atoms with E-state index in [1.165, 1.54) is 10.9 Å². The van der Waals surface area contributed by atoms with Gasteiger partial charge in [0.2, 0.25) is 0 Å². The molecule has 80 valence electrons. The van der Waals surface area contributed by atoms with E-state index in [9.17, 15) is 0 Å². The standard InChI is InChI=1S/C11H13BrN2O/c1-2-14-6-8(7-15-13)10-4-3-9(12)5-11(10)14/h3-6H,2,7,13H2,1H3. The molecule has 1 aromatic carbocycles. The van der Waals surface area contributed by atoms with Gasteiger partial charge in [0, 0.05) is 33.7 Å². The Morgan fingerprint density at radius 3 is 2.93 bits per heavy atom. The Labute approximate surface area is 96.9 Å². The van der Waals surface area contributed by atoms with Gasteiger partial charge < -0.3 is 4.57 Å². The highest BCUT2D eigenvalue weighted by atomic mass is 79.9. The number of nitrogens with two attached hydrogens (primary N) is 1. The topological polar surface area (TPSA) is 40.2 Å². The van der Waals surface area contributed by atoms with E-state index in [2.05, 4.69) is 45.8 Å². The predicted molar refractivity (Wildman–Crippen MR) is 64.3 cm³/mol. The number of hydrogen-bond donors (Lipinski definition) is 1. The lowest BCUT2D eigenvalue weighted by Crippen LogP contribution is -1.98. The van der Waals surface area contributed by atoms with Gasteiger partial charge in [-0.25, -0.2) is 5.90 Å². The minimum atomic E-state index is 0.450. The van der Waals surface area contributed by atoms with Crippen molar-refractivity contribution >= 4 is 26.8 Å². The summed E-state index contributed by atoms with van der Waals surface area (Å²) >= 11 is 3.47. The van der Waals surface area contributed by atoms with Crippen LogP contribution < -0.4 is 5.90 Å². The van der Waals surface area contributed by atoms with Gasteiger partial charge in [0.15, 0.2) is 0 Å². The van der Waals surface area contributed by atoms with Gasteiger partial charge in [-0.2, -0.15) is 0 Å². The molecule has 3 nitrogen and oxygen atoms in total. The fourth-order valence-electron chi connectivity index (χ4n) is 1.81. The molecular weight excluding hydrogens is 256 g/mol. The maximum atomic E-state index is 5.11. The summed E-state index contributed by atoms with van der Waals surface area (Å²) < 4.78 is 3.28. The summed E-state index contributed by atoms with van der Waals surface area (Å²) in [5.41, 5.74) is 2.33. The first-order chi connectivity index (χ1) is 7.26. The fourth-order valence-corrected chi connectivity index (χ4v) is 2.16. The van der Waals surface area contributed by atoms with Crippen molar-refractivity contribution in [2.45, 2.75) is 20.1 Å². The van der Waals surface area contributed by atoms with Crippen LogP contribution in [0.1, 0.15) is 12.5 Å². The molecule has 2 aromatic rings. The summed E-state index contributed by atoms with van der Waals surface area (Å²) in [7, 11) is 0. The van der Waals surface area contributed by atoms with Crippen LogP contribution in [0.2, 0.25) is 0 Å². The summed E-state index contributed by atoms with van der Waals surface area (Å²) in [6, 6.07) is 6.22. The van der Waals surface area contributed by atoms with Gasteiger partial charge in [0.25, 0.3) is 0 Å². The summed E-state index contributed by atoms with van der Waals surface area (Å²) in [6.07, 6.45) is 2.09. The third-order valence-electron chi connectivity index (χ3n) is 2.51. The number of aryl methyl sites for hydroxylation is 1. The zero-order chi connectivity index (χ0) is 10.8. The molecule has 0 aliphatic heterocycles. The highest BCUT2D eigenvalue weighted by Crippen LogP contribution is 2.25. The summed E-state index contributed by atoms with van der Waals surface area (Å²) in [5, 5.41) is 1.20. The van der Waals surface area contributed by atoms with Crippen molar-refractivity contribution in [1.82, 2.24) is 4.57 Å². The number of aromatic nitrogens is 1. The number of hydrogen-bond acceptors (Lipinski definition) is 2. The van der Waals surface area contributed by atoms with Crippen molar-refractivity contribution in [3.8, 4) is 0 Å². The van der Waals surface area contributed by atoms with E-state index in [-0.39, 0.29) is 0 Å². The number of halogens is 1. The summed E-state index contributed by atoms with van der Waals surface area (Å²) in [4.78, 5) is 4.70. The van der Waals surface area contributed by atoms with Gasteiger partial charge >= 0.3 is 0 Å². The van der Waals surface area contributed by atoms with Crippen LogP contribution in [0.25, 0.3) is 10.9 Å². The largest absolute Gasteiger partial charge is 0.347 e. The summed E-state index contributed by atoms with van der Waals surface area (Å²) in [5.74, 6) is 5.11. The number of benzene rings is 1. The molecule has 15 heavy (non-hydrogen) atoms. The fraction of sp³-hybridized carbons (Fsp3) is 0.273. The predicted octanol–water partition coefficient (Wildman–Crippen LogP) is 2.81. The van der Waals surface area contributed by atoms with Gasteiger partial charge in [-0.15, -0.1) is 0 Å². The second-order valence-corrected chi connectivity index (χ2v) is 4.33. The highest BCUT2D eigenvalue weighted by molar-refractivity contribution is 9.10. The van der Waals surface area contributed by atoms with Crippen LogP contribution in [0, 0.1) is 0 Å². The molecule has 0 spiro atoms. The lowest BCUT2D eigenvalue weighted by molar-refractivity contribution is 0.125. The second-order valence-electron chi connectivity index (χ2n) is 3.41. The second kappa shape index (κ2) is 4.35. The van der Waals surface area contributed by atoms with E-state index >= 15 is 0 Å². The monoisotopic (exact) mass is 268 g/mol. The molecule has 0 radical (unpaired) electrons. The SMILES string of the molecule is CCn1cc(CON)c2ccc(Br)cc21. The van der Waals surface area contributed by atoms with Crippen molar-refractivity contribution < 1.29 is 4.84 Å². The Kier molecular flexibility index (Phi) is 3.09. The van der Waals surface area contributed by atoms with E-state index in [1.54, 1.807) is 0 Å². The van der Waals surface area contributed by atoms with E-state index in [0.29, 0.717) is 6.61 Å². The van der Waals surface area contributed by atoms with Gasteiger partial charge in [-0.3, -0.25) is 4.84 Å². The molecule has 4 heteroatoms. The maximum Gasteiger partial charge on any atom is 0.0950 e. The molecule has 0 unspecified atom stereocenters. The first-order valence-corrected chi connectivity index (χ1v) is 5.64. The molecule has 0 amide bonds. The molecule has 0 aliphatic carbocycles. The van der Waals surface area contributed by atoms with Gasteiger partial charge in [-0.05, 0) is 19.1 Å². The van der Waals surface area contributed by atoms with Crippen molar-refractivity contribution in [3.63, 3.8) is 0 Å². The lowest BCUT2D eigenvalue weighted by Gasteiger charge is -2.00. The molecule has 1 aromatic heterocycles. The van der Waals surface area contributed by atoms with Crippen LogP contribution >= 0.6 is 15.9 Å². The number of nitrogens with zero attached hydrogens (tertiary/aromatic N) is 1. The molecule has 0 saturated carbocycles. The lowest BCUT2D eigenvalue weighted by atomic mass is 10.2. The molecule has 0 fully saturated rings. The molecule has 0 bridgehead atoms. The molecule has 0 aliphatic rings. The normalized spacial score (nSPS) is 11.1. The molecule has 1 heterocycles. The Bertz CT molecular complexity index is 479. The van der Waals surface area contributed by atoms with Crippen LogP contribution in [0.4, 0.5) is 0 Å². The van der Waals surface area contributed by atoms with Gasteiger partial charge in [0.05, 0.1) is 6.61 Å². The number of rotatable bonds is 3. The molecule has 2 rings (SSSR count). The molecule has 0 atom stereocenters. The highest BCUT2D eigenvalue weighted by Gasteiger charge is 2.07. The van der Waals surface area contributed by atoms with Crippen LogP contribution in [0.15, 0.2) is 28.9 Å². The molecule has 0 saturated heterocycles. The van der Waals surface area contributed by atoms with Gasteiger partial charge in [0.1, 0.15) is 0 Å².